The second kappa shape index (κ2) is 11.0. The largest absolute Gasteiger partial charge is 0.497 e. The highest BCUT2D eigenvalue weighted by molar-refractivity contribution is 7.13. The van der Waals surface area contributed by atoms with Crippen LogP contribution in [0.1, 0.15) is 37.7 Å². The Balaban J connectivity index is 1.38. The van der Waals surface area contributed by atoms with Gasteiger partial charge in [0, 0.05) is 12.6 Å². The lowest BCUT2D eigenvalue weighted by atomic mass is 9.94. The highest BCUT2D eigenvalue weighted by atomic mass is 32.1. The molecule has 2 amide bonds. The zero-order valence-electron chi connectivity index (χ0n) is 18.6. The predicted molar refractivity (Wildman–Crippen MR) is 125 cm³/mol. The zero-order valence-corrected chi connectivity index (χ0v) is 19.5. The number of carbonyl (C=O) groups excluding carboxylic acids is 2. The number of hydrogen-bond acceptors (Lipinski definition) is 7. The first-order valence-electron chi connectivity index (χ1n) is 11.1. The number of rotatable bonds is 9. The standard InChI is InChI=1S/C23H28N6O3S/c1-32-19-11-9-17(10-12-19)14-24-21(30)15-28(18-6-3-2-4-7-18)22(31)16-29-26-23(25-27-29)20-8-5-13-33-20/h5,8-13,18H,2-4,6-7,14-16H2,1H3,(H,24,30). The van der Waals surface area contributed by atoms with Crippen molar-refractivity contribution in [3.05, 3.63) is 47.3 Å². The number of methoxy groups -OCH3 is 1. The van der Waals surface area contributed by atoms with Crippen molar-refractivity contribution in [2.75, 3.05) is 13.7 Å². The van der Waals surface area contributed by atoms with Crippen molar-refractivity contribution in [2.24, 2.45) is 0 Å². The highest BCUT2D eigenvalue weighted by Gasteiger charge is 2.28. The van der Waals surface area contributed by atoms with Gasteiger partial charge in [-0.05, 0) is 47.2 Å². The number of tetrazole rings is 1. The molecular weight excluding hydrogens is 440 g/mol. The number of amides is 2. The van der Waals surface area contributed by atoms with Gasteiger partial charge in [0.2, 0.25) is 17.6 Å². The van der Waals surface area contributed by atoms with Crippen LogP contribution in [0.4, 0.5) is 0 Å². The number of ether oxygens (including phenoxy) is 1. The van der Waals surface area contributed by atoms with Gasteiger partial charge < -0.3 is 15.0 Å². The third kappa shape index (κ3) is 6.16. The van der Waals surface area contributed by atoms with Crippen LogP contribution in [0, 0.1) is 0 Å². The monoisotopic (exact) mass is 468 g/mol. The van der Waals surface area contributed by atoms with Gasteiger partial charge in [0.15, 0.2) is 0 Å². The minimum atomic E-state index is -0.185. The lowest BCUT2D eigenvalue weighted by Crippen LogP contribution is -2.48. The maximum Gasteiger partial charge on any atom is 0.246 e. The van der Waals surface area contributed by atoms with E-state index < -0.39 is 0 Å². The molecule has 9 nitrogen and oxygen atoms in total. The highest BCUT2D eigenvalue weighted by Crippen LogP contribution is 2.23. The van der Waals surface area contributed by atoms with E-state index in [1.165, 1.54) is 16.1 Å². The third-order valence-electron chi connectivity index (χ3n) is 5.77. The molecule has 1 saturated carbocycles. The Hall–Kier alpha value is -3.27. The summed E-state index contributed by atoms with van der Waals surface area (Å²) in [5.41, 5.74) is 0.965. The molecule has 2 aromatic heterocycles. The SMILES string of the molecule is COc1ccc(CNC(=O)CN(C(=O)Cn2nnc(-c3cccs3)n2)C2CCCCC2)cc1. The summed E-state index contributed by atoms with van der Waals surface area (Å²) in [6.45, 7) is 0.372. The van der Waals surface area contributed by atoms with Crippen molar-refractivity contribution in [2.45, 2.75) is 51.2 Å². The third-order valence-corrected chi connectivity index (χ3v) is 6.64. The molecular formula is C23H28N6O3S. The first-order chi connectivity index (χ1) is 16.1. The van der Waals surface area contributed by atoms with Gasteiger partial charge in [-0.25, -0.2) is 0 Å². The van der Waals surface area contributed by atoms with Crippen molar-refractivity contribution in [1.29, 1.82) is 0 Å². The molecule has 1 aliphatic rings. The van der Waals surface area contributed by atoms with Gasteiger partial charge >= 0.3 is 0 Å². The lowest BCUT2D eigenvalue weighted by molar-refractivity contribution is -0.140. The Labute approximate surface area is 196 Å². The minimum absolute atomic E-state index is 0.0200. The van der Waals surface area contributed by atoms with E-state index in [4.69, 9.17) is 4.74 Å². The van der Waals surface area contributed by atoms with Gasteiger partial charge in [0.05, 0.1) is 18.5 Å². The molecule has 0 spiro atoms. The molecule has 0 aliphatic heterocycles. The normalized spacial score (nSPS) is 14.1. The summed E-state index contributed by atoms with van der Waals surface area (Å²) < 4.78 is 5.16. The number of carbonyl (C=O) groups is 2. The van der Waals surface area contributed by atoms with Crippen molar-refractivity contribution >= 4 is 23.2 Å². The van der Waals surface area contributed by atoms with E-state index in [0.29, 0.717) is 12.4 Å². The average Bonchev–Trinajstić information content (AvgIpc) is 3.54. The molecule has 0 unspecified atom stereocenters. The Morgan fingerprint density at radius 1 is 1.18 bits per heavy atom. The molecule has 1 N–H and O–H groups in total. The number of benzene rings is 1. The van der Waals surface area contributed by atoms with Crippen LogP contribution in [0.15, 0.2) is 41.8 Å². The van der Waals surface area contributed by atoms with Crippen molar-refractivity contribution in [3.63, 3.8) is 0 Å². The predicted octanol–water partition coefficient (Wildman–Crippen LogP) is 2.89. The van der Waals surface area contributed by atoms with Gasteiger partial charge in [0.1, 0.15) is 12.3 Å². The summed E-state index contributed by atoms with van der Waals surface area (Å²) in [6, 6.07) is 11.4. The molecule has 0 atom stereocenters. The van der Waals surface area contributed by atoms with Crippen LogP contribution in [-0.4, -0.2) is 56.6 Å². The van der Waals surface area contributed by atoms with Crippen LogP contribution in [-0.2, 0) is 22.7 Å². The number of nitrogens with zero attached hydrogens (tertiary/aromatic N) is 5. The fraction of sp³-hybridized carbons (Fsp3) is 0.435. The Morgan fingerprint density at radius 2 is 1.97 bits per heavy atom. The average molecular weight is 469 g/mol. The van der Waals surface area contributed by atoms with Crippen LogP contribution < -0.4 is 10.1 Å². The topological polar surface area (TPSA) is 102 Å². The molecule has 2 heterocycles. The molecule has 33 heavy (non-hydrogen) atoms. The molecule has 10 heteroatoms. The van der Waals surface area contributed by atoms with E-state index in [-0.39, 0.29) is 30.9 Å². The summed E-state index contributed by atoms with van der Waals surface area (Å²) in [4.78, 5) is 29.8. The van der Waals surface area contributed by atoms with E-state index in [0.717, 1.165) is 48.3 Å². The lowest BCUT2D eigenvalue weighted by Gasteiger charge is -2.33. The molecule has 0 radical (unpaired) electrons. The van der Waals surface area contributed by atoms with Crippen LogP contribution in [0.25, 0.3) is 10.7 Å². The fourth-order valence-corrected chi connectivity index (χ4v) is 4.64. The summed E-state index contributed by atoms with van der Waals surface area (Å²) in [5.74, 6) is 0.912. The number of aromatic nitrogens is 4. The Kier molecular flexibility index (Phi) is 7.66. The molecule has 1 aromatic carbocycles. The van der Waals surface area contributed by atoms with Gasteiger partial charge in [0.25, 0.3) is 0 Å². The molecule has 0 bridgehead atoms. The van der Waals surface area contributed by atoms with E-state index in [9.17, 15) is 9.59 Å². The summed E-state index contributed by atoms with van der Waals surface area (Å²) in [7, 11) is 1.62. The second-order valence-corrected chi connectivity index (χ2v) is 9.01. The van der Waals surface area contributed by atoms with Gasteiger partial charge in [-0.1, -0.05) is 37.5 Å². The Morgan fingerprint density at radius 3 is 2.67 bits per heavy atom. The maximum atomic E-state index is 13.2. The van der Waals surface area contributed by atoms with E-state index in [1.807, 2.05) is 41.8 Å². The quantitative estimate of drug-likeness (QED) is 0.518. The number of hydrogen-bond donors (Lipinski definition) is 1. The molecule has 1 fully saturated rings. The molecule has 1 aliphatic carbocycles. The van der Waals surface area contributed by atoms with Crippen molar-refractivity contribution < 1.29 is 14.3 Å². The summed E-state index contributed by atoms with van der Waals surface area (Å²) in [6.07, 6.45) is 5.10. The summed E-state index contributed by atoms with van der Waals surface area (Å²) in [5, 5.41) is 17.3. The van der Waals surface area contributed by atoms with E-state index in [2.05, 4.69) is 20.7 Å². The van der Waals surface area contributed by atoms with Gasteiger partial charge in [-0.2, -0.15) is 4.80 Å². The van der Waals surface area contributed by atoms with Crippen molar-refractivity contribution in [1.82, 2.24) is 30.4 Å². The van der Waals surface area contributed by atoms with Gasteiger partial charge in [-0.3, -0.25) is 9.59 Å². The van der Waals surface area contributed by atoms with E-state index in [1.54, 1.807) is 12.0 Å². The molecule has 174 valence electrons. The Bertz CT molecular complexity index is 1040. The second-order valence-electron chi connectivity index (χ2n) is 8.06. The first kappa shape index (κ1) is 22.9. The van der Waals surface area contributed by atoms with Crippen LogP contribution in [0.3, 0.4) is 0 Å². The number of nitrogens with one attached hydrogen (secondary N) is 1. The summed E-state index contributed by atoms with van der Waals surface area (Å²) >= 11 is 1.52. The number of thiophene rings is 1. The van der Waals surface area contributed by atoms with E-state index >= 15 is 0 Å². The van der Waals surface area contributed by atoms with Crippen LogP contribution in [0.2, 0.25) is 0 Å². The minimum Gasteiger partial charge on any atom is -0.497 e. The fourth-order valence-electron chi connectivity index (χ4n) is 3.99. The van der Waals surface area contributed by atoms with Crippen LogP contribution in [0.5, 0.6) is 5.75 Å². The molecule has 0 saturated heterocycles. The maximum absolute atomic E-state index is 13.2. The molecule has 4 rings (SSSR count). The smallest absolute Gasteiger partial charge is 0.246 e. The zero-order chi connectivity index (χ0) is 23.0. The van der Waals surface area contributed by atoms with Gasteiger partial charge in [-0.15, -0.1) is 21.5 Å². The first-order valence-corrected chi connectivity index (χ1v) is 12.0. The van der Waals surface area contributed by atoms with Crippen molar-refractivity contribution in [3.8, 4) is 16.5 Å². The van der Waals surface area contributed by atoms with Crippen LogP contribution >= 0.6 is 11.3 Å². The molecule has 3 aromatic rings.